The smallest absolute Gasteiger partial charge is 0.356 e. The summed E-state index contributed by atoms with van der Waals surface area (Å²) in [6.45, 7) is 11.9. The van der Waals surface area contributed by atoms with Gasteiger partial charge in [0.25, 0.3) is 0 Å². The molecule has 2 N–H and O–H groups in total. The van der Waals surface area contributed by atoms with Gasteiger partial charge in [-0.25, -0.2) is 4.98 Å². The SMILES string of the molecule is CCN1CCN(CC(C)CNC(=NC)NCc2nc(C(F)(F)F)cs2)CC1.I. The summed E-state index contributed by atoms with van der Waals surface area (Å²) in [5, 5.41) is 7.68. The second kappa shape index (κ2) is 12.1. The van der Waals surface area contributed by atoms with Crippen LogP contribution in [0.25, 0.3) is 0 Å². The van der Waals surface area contributed by atoms with Crippen LogP contribution in [0, 0.1) is 5.92 Å². The number of aromatic nitrogens is 1. The molecule has 1 unspecified atom stereocenters. The maximum Gasteiger partial charge on any atom is 0.434 e. The first-order valence-corrected chi connectivity index (χ1v) is 10.1. The van der Waals surface area contributed by atoms with Crippen molar-refractivity contribution in [2.75, 3.05) is 52.9 Å². The highest BCUT2D eigenvalue weighted by Gasteiger charge is 2.33. The first-order chi connectivity index (χ1) is 12.8. The third-order valence-corrected chi connectivity index (χ3v) is 5.42. The van der Waals surface area contributed by atoms with Gasteiger partial charge in [0.05, 0.1) is 6.54 Å². The summed E-state index contributed by atoms with van der Waals surface area (Å²) in [6.07, 6.45) is -4.40. The number of piperazine rings is 1. The van der Waals surface area contributed by atoms with Crippen LogP contribution >= 0.6 is 35.3 Å². The van der Waals surface area contributed by atoms with Crippen LogP contribution < -0.4 is 10.6 Å². The zero-order valence-corrected chi connectivity index (χ0v) is 19.7. The zero-order chi connectivity index (χ0) is 19.9. The molecular formula is C17H30F3IN6S. The molecule has 0 spiro atoms. The van der Waals surface area contributed by atoms with Gasteiger partial charge in [0, 0.05) is 51.7 Å². The molecular weight excluding hydrogens is 504 g/mol. The van der Waals surface area contributed by atoms with Crippen molar-refractivity contribution in [1.82, 2.24) is 25.4 Å². The van der Waals surface area contributed by atoms with Crippen molar-refractivity contribution in [2.45, 2.75) is 26.6 Å². The summed E-state index contributed by atoms with van der Waals surface area (Å²) < 4.78 is 37.8. The Balaban J connectivity index is 0.00000392. The normalized spacial score (nSPS) is 17.9. The molecule has 1 aliphatic heterocycles. The summed E-state index contributed by atoms with van der Waals surface area (Å²) in [6, 6.07) is 0. The van der Waals surface area contributed by atoms with E-state index in [1.54, 1.807) is 7.05 Å². The number of nitrogens with zero attached hydrogens (tertiary/aromatic N) is 4. The van der Waals surface area contributed by atoms with Gasteiger partial charge in [-0.05, 0) is 12.5 Å². The van der Waals surface area contributed by atoms with Crippen LogP contribution in [0.4, 0.5) is 13.2 Å². The number of hydrogen-bond acceptors (Lipinski definition) is 5. The van der Waals surface area contributed by atoms with Gasteiger partial charge in [-0.15, -0.1) is 35.3 Å². The average Bonchev–Trinajstić information content (AvgIpc) is 3.12. The number of rotatable bonds is 7. The minimum Gasteiger partial charge on any atom is -0.356 e. The van der Waals surface area contributed by atoms with Gasteiger partial charge in [0.1, 0.15) is 5.01 Å². The second-order valence-corrected chi connectivity index (χ2v) is 7.71. The number of thiazole rings is 1. The summed E-state index contributed by atoms with van der Waals surface area (Å²) in [5.41, 5.74) is -0.843. The largest absolute Gasteiger partial charge is 0.434 e. The van der Waals surface area contributed by atoms with E-state index in [4.69, 9.17) is 0 Å². The Kier molecular flexibility index (Phi) is 11.0. The van der Waals surface area contributed by atoms with Crippen LogP contribution in [0.1, 0.15) is 24.5 Å². The summed E-state index contributed by atoms with van der Waals surface area (Å²) in [7, 11) is 1.65. The molecule has 0 aliphatic carbocycles. The highest BCUT2D eigenvalue weighted by atomic mass is 127. The van der Waals surface area contributed by atoms with E-state index in [2.05, 4.69) is 44.3 Å². The predicted molar refractivity (Wildman–Crippen MR) is 118 cm³/mol. The lowest BCUT2D eigenvalue weighted by atomic mass is 10.1. The maximum absolute atomic E-state index is 12.6. The number of aliphatic imine (C=N–C) groups is 1. The molecule has 0 saturated carbocycles. The molecule has 2 rings (SSSR count). The number of halogens is 4. The molecule has 11 heteroatoms. The van der Waals surface area contributed by atoms with Gasteiger partial charge in [0.2, 0.25) is 0 Å². The summed E-state index contributed by atoms with van der Waals surface area (Å²) in [4.78, 5) is 12.7. The molecule has 0 bridgehead atoms. The topological polar surface area (TPSA) is 55.8 Å². The molecule has 1 aromatic rings. The van der Waals surface area contributed by atoms with E-state index in [-0.39, 0.29) is 30.5 Å². The van der Waals surface area contributed by atoms with Crippen molar-refractivity contribution in [3.8, 4) is 0 Å². The second-order valence-electron chi connectivity index (χ2n) is 6.77. The molecule has 0 aromatic carbocycles. The molecule has 1 saturated heterocycles. The molecule has 0 radical (unpaired) electrons. The quantitative estimate of drug-likeness (QED) is 0.320. The fourth-order valence-electron chi connectivity index (χ4n) is 2.97. The summed E-state index contributed by atoms with van der Waals surface area (Å²) in [5.74, 6) is 1.01. The number of nitrogens with one attached hydrogen (secondary N) is 2. The van der Waals surface area contributed by atoms with Crippen LogP contribution in [0.5, 0.6) is 0 Å². The maximum atomic E-state index is 12.6. The third-order valence-electron chi connectivity index (χ3n) is 4.57. The minimum atomic E-state index is -4.40. The van der Waals surface area contributed by atoms with Gasteiger partial charge in [-0.1, -0.05) is 13.8 Å². The molecule has 162 valence electrons. The average molecular weight is 534 g/mol. The Morgan fingerprint density at radius 2 is 1.89 bits per heavy atom. The highest BCUT2D eigenvalue weighted by molar-refractivity contribution is 14.0. The van der Waals surface area contributed by atoms with E-state index in [1.807, 2.05) is 0 Å². The Hall–Kier alpha value is -0.660. The van der Waals surface area contributed by atoms with Crippen molar-refractivity contribution in [3.05, 3.63) is 16.1 Å². The van der Waals surface area contributed by atoms with Crippen molar-refractivity contribution in [1.29, 1.82) is 0 Å². The van der Waals surface area contributed by atoms with Crippen molar-refractivity contribution in [3.63, 3.8) is 0 Å². The zero-order valence-electron chi connectivity index (χ0n) is 16.6. The van der Waals surface area contributed by atoms with Crippen LogP contribution in [0.15, 0.2) is 10.4 Å². The van der Waals surface area contributed by atoms with E-state index < -0.39 is 11.9 Å². The van der Waals surface area contributed by atoms with Crippen LogP contribution in [-0.4, -0.2) is 73.6 Å². The molecule has 0 amide bonds. The number of hydrogen-bond donors (Lipinski definition) is 2. The van der Waals surface area contributed by atoms with Gasteiger partial charge in [-0.3, -0.25) is 4.99 Å². The highest BCUT2D eigenvalue weighted by Crippen LogP contribution is 2.29. The fraction of sp³-hybridized carbons (Fsp3) is 0.765. The lowest BCUT2D eigenvalue weighted by molar-refractivity contribution is -0.140. The first kappa shape index (κ1) is 25.4. The van der Waals surface area contributed by atoms with Gasteiger partial charge in [-0.2, -0.15) is 13.2 Å². The Morgan fingerprint density at radius 3 is 2.43 bits per heavy atom. The van der Waals surface area contributed by atoms with Crippen molar-refractivity contribution in [2.24, 2.45) is 10.9 Å². The minimum absolute atomic E-state index is 0. The van der Waals surface area contributed by atoms with Crippen molar-refractivity contribution >= 4 is 41.3 Å². The molecule has 1 aliphatic rings. The lowest BCUT2D eigenvalue weighted by Crippen LogP contribution is -2.48. The van der Waals surface area contributed by atoms with E-state index >= 15 is 0 Å². The lowest BCUT2D eigenvalue weighted by Gasteiger charge is -2.35. The number of alkyl halides is 3. The van der Waals surface area contributed by atoms with Crippen molar-refractivity contribution < 1.29 is 13.2 Å². The molecule has 28 heavy (non-hydrogen) atoms. The van der Waals surface area contributed by atoms with Gasteiger partial charge in [0.15, 0.2) is 11.7 Å². The van der Waals surface area contributed by atoms with Gasteiger partial charge < -0.3 is 20.4 Å². The molecule has 1 atom stereocenters. The molecule has 1 aromatic heterocycles. The van der Waals surface area contributed by atoms with Crippen LogP contribution in [-0.2, 0) is 12.7 Å². The fourth-order valence-corrected chi connectivity index (χ4v) is 3.71. The van der Waals surface area contributed by atoms with Crippen LogP contribution in [0.3, 0.4) is 0 Å². The Bertz CT molecular complexity index is 602. The Labute approximate surface area is 186 Å². The standard InChI is InChI=1S/C17H29F3N6S.HI/c1-4-25-5-7-26(8-6-25)11-13(2)9-22-16(21-3)23-10-15-24-14(12-27-15)17(18,19)20;/h12-13H,4-11H2,1-3H3,(H2,21,22,23);1H. The number of likely N-dealkylation sites (N-methyl/N-ethyl adjacent to an activating group) is 1. The Morgan fingerprint density at radius 1 is 1.25 bits per heavy atom. The predicted octanol–water partition coefficient (Wildman–Crippen LogP) is 2.72. The third kappa shape index (κ3) is 8.37. The van der Waals surface area contributed by atoms with E-state index in [0.29, 0.717) is 16.9 Å². The van der Waals surface area contributed by atoms with E-state index in [9.17, 15) is 13.2 Å². The van der Waals surface area contributed by atoms with Crippen LogP contribution in [0.2, 0.25) is 0 Å². The first-order valence-electron chi connectivity index (χ1n) is 9.22. The van der Waals surface area contributed by atoms with E-state index in [0.717, 1.165) is 62.5 Å². The van der Waals surface area contributed by atoms with Gasteiger partial charge >= 0.3 is 6.18 Å². The summed E-state index contributed by atoms with van der Waals surface area (Å²) >= 11 is 0.992. The van der Waals surface area contributed by atoms with E-state index in [1.165, 1.54) is 0 Å². The molecule has 6 nitrogen and oxygen atoms in total. The molecule has 2 heterocycles. The number of guanidine groups is 1. The monoisotopic (exact) mass is 534 g/mol. The molecule has 1 fully saturated rings.